The molecule has 1 aliphatic heterocycles. The van der Waals surface area contributed by atoms with E-state index in [2.05, 4.69) is 15.6 Å². The van der Waals surface area contributed by atoms with Crippen molar-refractivity contribution in [1.29, 1.82) is 0 Å². The number of aromatic carboxylic acids is 1. The van der Waals surface area contributed by atoms with Crippen LogP contribution in [0.1, 0.15) is 46.4 Å². The van der Waals surface area contributed by atoms with Crippen molar-refractivity contribution in [3.63, 3.8) is 0 Å². The monoisotopic (exact) mass is 512 g/mol. The van der Waals surface area contributed by atoms with Gasteiger partial charge in [-0.3, -0.25) is 9.78 Å². The molecular formula is C28H24N4O4S. The van der Waals surface area contributed by atoms with Gasteiger partial charge in [0, 0.05) is 30.1 Å². The van der Waals surface area contributed by atoms with Crippen LogP contribution in [0, 0.1) is 6.92 Å². The summed E-state index contributed by atoms with van der Waals surface area (Å²) in [5, 5.41) is 16.0. The molecule has 0 spiro atoms. The number of nitrogens with zero attached hydrogens (tertiary/aromatic N) is 2. The number of rotatable bonds is 6. The van der Waals surface area contributed by atoms with Crippen LogP contribution >= 0.6 is 12.2 Å². The minimum Gasteiger partial charge on any atom is -0.478 e. The molecule has 3 N–H and O–H groups in total. The molecule has 1 amide bonds. The number of aryl methyl sites for hydroxylation is 1. The molecule has 0 saturated carbocycles. The largest absolute Gasteiger partial charge is 0.478 e. The summed E-state index contributed by atoms with van der Waals surface area (Å²) >= 11 is 5.76. The summed E-state index contributed by atoms with van der Waals surface area (Å²) in [5.74, 6) is 0.182. The summed E-state index contributed by atoms with van der Waals surface area (Å²) < 4.78 is 6.39. The zero-order valence-electron chi connectivity index (χ0n) is 20.1. The number of hydrogen-bond donors (Lipinski definition) is 3. The average Bonchev–Trinajstić information content (AvgIpc) is 3.49. The molecule has 2 aromatic carbocycles. The second-order valence-corrected chi connectivity index (χ2v) is 9.15. The van der Waals surface area contributed by atoms with Crippen LogP contribution in [-0.4, -0.2) is 27.1 Å². The van der Waals surface area contributed by atoms with Gasteiger partial charge in [0.15, 0.2) is 5.11 Å². The fraction of sp³-hybridized carbons (Fsp3) is 0.143. The molecule has 186 valence electrons. The van der Waals surface area contributed by atoms with Gasteiger partial charge in [-0.25, -0.2) is 4.79 Å². The zero-order chi connectivity index (χ0) is 26.1. The van der Waals surface area contributed by atoms with Crippen molar-refractivity contribution in [1.82, 2.24) is 10.3 Å². The van der Waals surface area contributed by atoms with Crippen LogP contribution in [0.4, 0.5) is 11.4 Å². The molecule has 1 saturated heterocycles. The average molecular weight is 513 g/mol. The molecule has 0 unspecified atom stereocenters. The lowest BCUT2D eigenvalue weighted by atomic mass is 10.0. The number of nitrogens with one attached hydrogen (secondary N) is 2. The predicted octanol–water partition coefficient (Wildman–Crippen LogP) is 5.48. The highest BCUT2D eigenvalue weighted by atomic mass is 32.1. The van der Waals surface area contributed by atoms with E-state index in [9.17, 15) is 14.7 Å². The van der Waals surface area contributed by atoms with Gasteiger partial charge >= 0.3 is 5.97 Å². The first kappa shape index (κ1) is 24.2. The van der Waals surface area contributed by atoms with Crippen molar-refractivity contribution < 1.29 is 19.1 Å². The SMILES string of the molecule is CC(=O)Nc1ccc(N2C(=S)N[C@@H](c3ccccn3)[C@@H]2c2ccc(-c3ccc(C(=O)O)cc3C)o2)cc1. The molecule has 8 nitrogen and oxygen atoms in total. The Bertz CT molecular complexity index is 1480. The molecule has 5 rings (SSSR count). The van der Waals surface area contributed by atoms with Gasteiger partial charge in [-0.05, 0) is 85.4 Å². The fourth-order valence-corrected chi connectivity index (χ4v) is 4.91. The standard InChI is InChI=1S/C28H24N4O4S/c1-16-15-18(27(34)35)6-11-21(16)23-12-13-24(36-23)26-25(22-5-3-4-14-29-22)31-28(37)32(26)20-9-7-19(8-10-20)30-17(2)33/h3-15,25-26H,1-2H3,(H,30,33)(H,31,37)(H,34,35)/t25-,26-/m0/s1. The summed E-state index contributed by atoms with van der Waals surface area (Å²) in [6, 6.07) is 21.3. The Morgan fingerprint density at radius 2 is 1.86 bits per heavy atom. The summed E-state index contributed by atoms with van der Waals surface area (Å²) in [4.78, 5) is 29.3. The molecule has 1 fully saturated rings. The molecular weight excluding hydrogens is 488 g/mol. The molecule has 0 aliphatic carbocycles. The Kier molecular flexibility index (Phi) is 6.45. The Hall–Kier alpha value is -4.50. The minimum atomic E-state index is -0.973. The van der Waals surface area contributed by atoms with Crippen molar-refractivity contribution in [3.8, 4) is 11.3 Å². The van der Waals surface area contributed by atoms with Crippen molar-refractivity contribution in [2.24, 2.45) is 0 Å². The van der Waals surface area contributed by atoms with Crippen molar-refractivity contribution in [2.75, 3.05) is 10.2 Å². The Morgan fingerprint density at radius 1 is 1.08 bits per heavy atom. The number of pyridine rings is 1. The number of benzene rings is 2. The number of amides is 1. The van der Waals surface area contributed by atoms with E-state index in [-0.39, 0.29) is 23.6 Å². The summed E-state index contributed by atoms with van der Waals surface area (Å²) in [6.45, 7) is 3.32. The second kappa shape index (κ2) is 9.87. The third-order valence-corrected chi connectivity index (χ3v) is 6.54. The van der Waals surface area contributed by atoms with Crippen LogP contribution in [0.3, 0.4) is 0 Å². The Balaban J connectivity index is 1.55. The molecule has 3 heterocycles. The molecule has 2 atom stereocenters. The number of aromatic nitrogens is 1. The van der Waals surface area contributed by atoms with Gasteiger partial charge in [0.2, 0.25) is 5.91 Å². The molecule has 0 radical (unpaired) electrons. The third-order valence-electron chi connectivity index (χ3n) is 6.22. The summed E-state index contributed by atoms with van der Waals surface area (Å²) in [6.07, 6.45) is 1.74. The lowest BCUT2D eigenvalue weighted by Crippen LogP contribution is -2.29. The van der Waals surface area contributed by atoms with Crippen molar-refractivity contribution >= 4 is 40.6 Å². The fourth-order valence-electron chi connectivity index (χ4n) is 4.56. The van der Waals surface area contributed by atoms with Gasteiger partial charge in [0.05, 0.1) is 17.3 Å². The van der Waals surface area contributed by atoms with Crippen LogP contribution < -0.4 is 15.5 Å². The van der Waals surface area contributed by atoms with E-state index < -0.39 is 5.97 Å². The van der Waals surface area contributed by atoms with Gasteiger partial charge in [0.25, 0.3) is 0 Å². The normalized spacial score (nSPS) is 16.9. The second-order valence-electron chi connectivity index (χ2n) is 8.76. The van der Waals surface area contributed by atoms with E-state index in [1.165, 1.54) is 6.92 Å². The number of hydrogen-bond acceptors (Lipinski definition) is 5. The maximum Gasteiger partial charge on any atom is 0.335 e. The smallest absolute Gasteiger partial charge is 0.335 e. The molecule has 2 aromatic heterocycles. The maximum atomic E-state index is 11.4. The van der Waals surface area contributed by atoms with E-state index >= 15 is 0 Å². The number of carbonyl (C=O) groups excluding carboxylic acids is 1. The summed E-state index contributed by atoms with van der Waals surface area (Å²) in [7, 11) is 0. The van der Waals surface area contributed by atoms with Gasteiger partial charge in [0.1, 0.15) is 17.6 Å². The minimum absolute atomic E-state index is 0.144. The maximum absolute atomic E-state index is 11.4. The number of carboxylic acids is 1. The number of carboxylic acid groups (broad SMARTS) is 1. The van der Waals surface area contributed by atoms with Crippen molar-refractivity contribution in [2.45, 2.75) is 25.9 Å². The third kappa shape index (κ3) is 4.81. The molecule has 1 aliphatic rings. The predicted molar refractivity (Wildman–Crippen MR) is 145 cm³/mol. The number of carbonyl (C=O) groups is 2. The van der Waals surface area contributed by atoms with Crippen molar-refractivity contribution in [3.05, 3.63) is 102 Å². The number of furan rings is 1. The first-order valence-electron chi connectivity index (χ1n) is 11.6. The lowest BCUT2D eigenvalue weighted by Gasteiger charge is -2.26. The highest BCUT2D eigenvalue weighted by Gasteiger charge is 2.42. The number of anilines is 2. The van der Waals surface area contributed by atoms with Gasteiger partial charge < -0.3 is 25.1 Å². The van der Waals surface area contributed by atoms with E-state index in [1.54, 1.807) is 24.4 Å². The van der Waals surface area contributed by atoms with Crippen LogP contribution in [0.2, 0.25) is 0 Å². The Morgan fingerprint density at radius 3 is 2.51 bits per heavy atom. The van der Waals surface area contributed by atoms with Crippen LogP contribution in [0.25, 0.3) is 11.3 Å². The van der Waals surface area contributed by atoms with Crippen LogP contribution in [-0.2, 0) is 4.79 Å². The molecule has 4 aromatic rings. The van der Waals surface area contributed by atoms with E-state index in [0.29, 0.717) is 22.3 Å². The highest BCUT2D eigenvalue weighted by molar-refractivity contribution is 7.80. The lowest BCUT2D eigenvalue weighted by molar-refractivity contribution is -0.114. The molecule has 0 bridgehead atoms. The van der Waals surface area contributed by atoms with E-state index in [1.807, 2.05) is 66.4 Å². The van der Waals surface area contributed by atoms with Crippen LogP contribution in [0.15, 0.2) is 83.4 Å². The first-order valence-corrected chi connectivity index (χ1v) is 12.0. The van der Waals surface area contributed by atoms with E-state index in [0.717, 1.165) is 22.5 Å². The topological polar surface area (TPSA) is 108 Å². The van der Waals surface area contributed by atoms with Gasteiger partial charge in [-0.1, -0.05) is 12.1 Å². The van der Waals surface area contributed by atoms with Gasteiger partial charge in [-0.15, -0.1) is 0 Å². The van der Waals surface area contributed by atoms with Crippen LogP contribution in [0.5, 0.6) is 0 Å². The number of thiocarbonyl (C=S) groups is 1. The van der Waals surface area contributed by atoms with Gasteiger partial charge in [-0.2, -0.15) is 0 Å². The molecule has 9 heteroatoms. The Labute approximate surface area is 219 Å². The molecule has 37 heavy (non-hydrogen) atoms. The summed E-state index contributed by atoms with van der Waals surface area (Å²) in [5.41, 5.74) is 4.16. The highest BCUT2D eigenvalue weighted by Crippen LogP contribution is 2.43. The quantitative estimate of drug-likeness (QED) is 0.291. The zero-order valence-corrected chi connectivity index (χ0v) is 21.0. The van der Waals surface area contributed by atoms with E-state index in [4.69, 9.17) is 16.6 Å². The first-order chi connectivity index (χ1) is 17.8.